The van der Waals surface area contributed by atoms with Crippen LogP contribution in [0.1, 0.15) is 11.1 Å². The highest BCUT2D eigenvalue weighted by atomic mass is 15.1. The van der Waals surface area contributed by atoms with E-state index in [4.69, 9.17) is 0 Å². The summed E-state index contributed by atoms with van der Waals surface area (Å²) in [5.41, 5.74) is 4.63. The van der Waals surface area contributed by atoms with E-state index in [1.54, 1.807) is 6.08 Å². The minimum Gasteiger partial charge on any atom is -0.363 e. The van der Waals surface area contributed by atoms with Gasteiger partial charge < -0.3 is 4.90 Å². The molecule has 0 amide bonds. The normalized spacial score (nSPS) is 10.4. The van der Waals surface area contributed by atoms with E-state index in [0.717, 1.165) is 24.2 Å². The number of benzene rings is 2. The van der Waals surface area contributed by atoms with Crippen molar-refractivity contribution in [2.24, 2.45) is 0 Å². The van der Waals surface area contributed by atoms with E-state index in [9.17, 15) is 0 Å². The van der Waals surface area contributed by atoms with Crippen LogP contribution in [0, 0.1) is 0 Å². The molecule has 0 heterocycles. The van der Waals surface area contributed by atoms with Gasteiger partial charge in [0.2, 0.25) is 0 Å². The van der Waals surface area contributed by atoms with E-state index >= 15 is 0 Å². The lowest BCUT2D eigenvalue weighted by Gasteiger charge is -2.25. The van der Waals surface area contributed by atoms with Crippen LogP contribution in [0.5, 0.6) is 0 Å². The van der Waals surface area contributed by atoms with Crippen molar-refractivity contribution in [2.75, 3.05) is 11.4 Å². The molecule has 0 radical (unpaired) electrons. The van der Waals surface area contributed by atoms with Gasteiger partial charge in [0.05, 0.1) is 0 Å². The molecular formula is C22H23N. The van der Waals surface area contributed by atoms with Gasteiger partial charge in [0.25, 0.3) is 0 Å². The van der Waals surface area contributed by atoms with E-state index in [1.807, 2.05) is 24.3 Å². The molecule has 0 aliphatic carbocycles. The second-order valence-electron chi connectivity index (χ2n) is 5.39. The first kappa shape index (κ1) is 16.6. The minimum atomic E-state index is 0.771. The third-order valence-corrected chi connectivity index (χ3v) is 3.57. The molecule has 23 heavy (non-hydrogen) atoms. The molecule has 1 nitrogen and oxygen atoms in total. The van der Waals surface area contributed by atoms with Gasteiger partial charge in [-0.05, 0) is 28.8 Å². The predicted molar refractivity (Wildman–Crippen MR) is 103 cm³/mol. The molecule has 0 atom stereocenters. The molecule has 2 aromatic rings. The molecule has 2 aromatic carbocycles. The maximum atomic E-state index is 4.14. The fourth-order valence-corrected chi connectivity index (χ4v) is 2.37. The summed E-state index contributed by atoms with van der Waals surface area (Å²) >= 11 is 0. The van der Waals surface area contributed by atoms with Gasteiger partial charge in [-0.1, -0.05) is 86.5 Å². The Morgan fingerprint density at radius 1 is 0.957 bits per heavy atom. The molecule has 0 aromatic heterocycles. The monoisotopic (exact) mass is 301 g/mol. The molecule has 0 fully saturated rings. The topological polar surface area (TPSA) is 3.24 Å². The molecule has 0 N–H and O–H groups in total. The average Bonchev–Trinajstić information content (AvgIpc) is 2.60. The fourth-order valence-electron chi connectivity index (χ4n) is 2.37. The number of rotatable bonds is 8. The quantitative estimate of drug-likeness (QED) is 0.571. The van der Waals surface area contributed by atoms with Crippen LogP contribution in [0.3, 0.4) is 0 Å². The van der Waals surface area contributed by atoms with Gasteiger partial charge in [0.1, 0.15) is 0 Å². The second kappa shape index (κ2) is 8.60. The van der Waals surface area contributed by atoms with E-state index in [0.29, 0.717) is 0 Å². The van der Waals surface area contributed by atoms with E-state index in [2.05, 4.69) is 73.2 Å². The largest absolute Gasteiger partial charge is 0.363 e. The zero-order valence-electron chi connectivity index (χ0n) is 13.5. The van der Waals surface area contributed by atoms with Crippen molar-refractivity contribution in [3.63, 3.8) is 0 Å². The summed E-state index contributed by atoms with van der Waals surface area (Å²) in [5.74, 6) is 0. The van der Waals surface area contributed by atoms with Crippen LogP contribution in [0.2, 0.25) is 0 Å². The van der Waals surface area contributed by atoms with E-state index < -0.39 is 0 Å². The van der Waals surface area contributed by atoms with Crippen molar-refractivity contribution >= 4 is 11.8 Å². The van der Waals surface area contributed by atoms with Gasteiger partial charge in [-0.2, -0.15) is 0 Å². The third kappa shape index (κ3) is 5.15. The molecular weight excluding hydrogens is 278 g/mol. The highest BCUT2D eigenvalue weighted by Crippen LogP contribution is 2.20. The zero-order chi connectivity index (χ0) is 16.5. The molecule has 0 saturated heterocycles. The fraction of sp³-hybridized carbons (Fsp3) is 0.0909. The molecule has 1 heteroatoms. The molecule has 0 aliphatic rings. The van der Waals surface area contributed by atoms with Crippen molar-refractivity contribution in [3.8, 4) is 0 Å². The van der Waals surface area contributed by atoms with E-state index in [-0.39, 0.29) is 0 Å². The molecule has 0 spiro atoms. The van der Waals surface area contributed by atoms with Crippen LogP contribution in [0.15, 0.2) is 98.1 Å². The molecule has 0 unspecified atom stereocenters. The summed E-state index contributed by atoms with van der Waals surface area (Å²) in [6.07, 6.45) is 7.55. The van der Waals surface area contributed by atoms with Crippen LogP contribution in [0.25, 0.3) is 6.08 Å². The Kier molecular flexibility index (Phi) is 6.19. The lowest BCUT2D eigenvalue weighted by atomic mass is 10.1. The summed E-state index contributed by atoms with van der Waals surface area (Å²) in [6.45, 7) is 13.3. The van der Waals surface area contributed by atoms with Gasteiger partial charge in [-0.25, -0.2) is 0 Å². The molecule has 0 saturated carbocycles. The van der Waals surface area contributed by atoms with Gasteiger partial charge >= 0.3 is 0 Å². The van der Waals surface area contributed by atoms with Crippen molar-refractivity contribution in [3.05, 3.63) is 109 Å². The predicted octanol–water partition coefficient (Wildman–Crippen LogP) is 5.63. The number of hydrogen-bond donors (Lipinski definition) is 0. The smallest absolute Gasteiger partial charge is 0.0433 e. The highest BCUT2D eigenvalue weighted by Gasteiger charge is 2.08. The minimum absolute atomic E-state index is 0.771. The summed E-state index contributed by atoms with van der Waals surface area (Å²) in [5, 5.41) is 0. The number of allylic oxidation sites excluding steroid dienone is 2. The zero-order valence-corrected chi connectivity index (χ0v) is 13.5. The summed E-state index contributed by atoms with van der Waals surface area (Å²) in [6, 6.07) is 18.9. The van der Waals surface area contributed by atoms with Gasteiger partial charge in [-0.15, -0.1) is 0 Å². The molecule has 0 bridgehead atoms. The SMILES string of the molecule is C=C/C=C\C(=C)CN(Cc1ccccc1)c1ccc(C=C)cc1. The van der Waals surface area contributed by atoms with Crippen molar-refractivity contribution in [1.29, 1.82) is 0 Å². The first-order valence-electron chi connectivity index (χ1n) is 7.71. The Morgan fingerprint density at radius 3 is 2.26 bits per heavy atom. The average molecular weight is 301 g/mol. The Hall–Kier alpha value is -2.80. The Labute approximate surface area is 139 Å². The highest BCUT2D eigenvalue weighted by molar-refractivity contribution is 5.56. The van der Waals surface area contributed by atoms with Crippen molar-refractivity contribution < 1.29 is 0 Å². The Bertz CT molecular complexity index is 678. The standard InChI is InChI=1S/C22H23N/c1-4-6-10-19(3)17-23(18-21-11-8-7-9-12-21)22-15-13-20(5-2)14-16-22/h4-16H,1-3,17-18H2/b10-6-. The first-order chi connectivity index (χ1) is 11.2. The first-order valence-corrected chi connectivity index (χ1v) is 7.71. The van der Waals surface area contributed by atoms with Crippen molar-refractivity contribution in [1.82, 2.24) is 0 Å². The van der Waals surface area contributed by atoms with Crippen LogP contribution >= 0.6 is 0 Å². The summed E-state index contributed by atoms with van der Waals surface area (Å²) < 4.78 is 0. The van der Waals surface area contributed by atoms with E-state index in [1.165, 1.54) is 11.3 Å². The number of anilines is 1. The molecule has 116 valence electrons. The third-order valence-electron chi connectivity index (χ3n) is 3.57. The van der Waals surface area contributed by atoms with Crippen LogP contribution in [-0.2, 0) is 6.54 Å². The van der Waals surface area contributed by atoms with Gasteiger partial charge in [0.15, 0.2) is 0 Å². The Balaban J connectivity index is 2.22. The lowest BCUT2D eigenvalue weighted by molar-refractivity contribution is 0.854. The van der Waals surface area contributed by atoms with Crippen LogP contribution in [-0.4, -0.2) is 6.54 Å². The maximum absolute atomic E-state index is 4.14. The van der Waals surface area contributed by atoms with Crippen molar-refractivity contribution in [2.45, 2.75) is 6.54 Å². The van der Waals surface area contributed by atoms with Crippen LogP contribution in [0.4, 0.5) is 5.69 Å². The number of nitrogens with zero attached hydrogens (tertiary/aromatic N) is 1. The van der Waals surface area contributed by atoms with Gasteiger partial charge in [-0.3, -0.25) is 0 Å². The number of hydrogen-bond acceptors (Lipinski definition) is 1. The maximum Gasteiger partial charge on any atom is 0.0433 e. The van der Waals surface area contributed by atoms with Gasteiger partial charge in [0, 0.05) is 18.8 Å². The molecule has 0 aliphatic heterocycles. The molecule has 2 rings (SSSR count). The lowest BCUT2D eigenvalue weighted by Crippen LogP contribution is -2.24. The summed E-state index contributed by atoms with van der Waals surface area (Å²) in [4.78, 5) is 2.32. The second-order valence-corrected chi connectivity index (χ2v) is 5.39. The van der Waals surface area contributed by atoms with Crippen LogP contribution < -0.4 is 4.90 Å². The summed E-state index contributed by atoms with van der Waals surface area (Å²) in [7, 11) is 0. The Morgan fingerprint density at radius 2 is 1.65 bits per heavy atom.